The molecule has 0 aromatic carbocycles. The number of nitrogens with one attached hydrogen (secondary N) is 1. The molecule has 1 saturated heterocycles. The number of aliphatic carboxylic acids is 1. The third kappa shape index (κ3) is 4.58. The molecule has 0 unspecified atom stereocenters. The highest BCUT2D eigenvalue weighted by atomic mass is 16.4. The molecule has 8 heteroatoms. The van der Waals surface area contributed by atoms with Crippen molar-refractivity contribution in [3.05, 3.63) is 23.7 Å². The summed E-state index contributed by atoms with van der Waals surface area (Å²) in [5.74, 6) is -2.39. The minimum atomic E-state index is -1.16. The minimum absolute atomic E-state index is 0.0727. The van der Waals surface area contributed by atoms with E-state index in [1.165, 1.54) is 12.1 Å². The second-order valence-corrected chi connectivity index (χ2v) is 6.04. The Kier molecular flexibility index (Phi) is 5.97. The summed E-state index contributed by atoms with van der Waals surface area (Å²) in [6.45, 7) is 3.21. The number of nitrogens with zero attached hydrogens (tertiary/aromatic N) is 1. The monoisotopic (exact) mass is 338 g/mol. The third-order valence-electron chi connectivity index (χ3n) is 4.19. The van der Waals surface area contributed by atoms with Crippen LogP contribution in [0, 0.1) is 11.8 Å². The number of likely N-dealkylation sites (tertiary alicyclic amines) is 1. The van der Waals surface area contributed by atoms with Gasteiger partial charge in [-0.2, -0.15) is 0 Å². The second-order valence-electron chi connectivity index (χ2n) is 6.04. The van der Waals surface area contributed by atoms with Gasteiger partial charge in [-0.1, -0.05) is 13.3 Å². The molecule has 1 fully saturated rings. The first-order valence-corrected chi connectivity index (χ1v) is 7.94. The lowest BCUT2D eigenvalue weighted by atomic mass is 9.92. The summed E-state index contributed by atoms with van der Waals surface area (Å²) >= 11 is 0. The largest absolute Gasteiger partial charge is 0.481 e. The number of hydrogen-bond donors (Lipinski definition) is 3. The van der Waals surface area contributed by atoms with Gasteiger partial charge >= 0.3 is 11.9 Å². The Hall–Kier alpha value is -2.35. The first kappa shape index (κ1) is 18.0. The van der Waals surface area contributed by atoms with Crippen LogP contribution >= 0.6 is 0 Å². The van der Waals surface area contributed by atoms with Crippen LogP contribution in [0.25, 0.3) is 0 Å². The molecule has 0 radical (unpaired) electrons. The van der Waals surface area contributed by atoms with E-state index in [1.807, 2.05) is 11.8 Å². The van der Waals surface area contributed by atoms with Crippen LogP contribution in [-0.2, 0) is 16.1 Å². The van der Waals surface area contributed by atoms with Gasteiger partial charge in [0, 0.05) is 13.1 Å². The van der Waals surface area contributed by atoms with Crippen molar-refractivity contribution < 1.29 is 29.0 Å². The van der Waals surface area contributed by atoms with Crippen molar-refractivity contribution in [1.82, 2.24) is 10.2 Å². The second kappa shape index (κ2) is 7.96. The van der Waals surface area contributed by atoms with E-state index in [0.717, 1.165) is 12.8 Å². The smallest absolute Gasteiger partial charge is 0.371 e. The molecule has 24 heavy (non-hydrogen) atoms. The molecular weight excluding hydrogens is 316 g/mol. The predicted molar refractivity (Wildman–Crippen MR) is 83.5 cm³/mol. The zero-order valence-electron chi connectivity index (χ0n) is 13.5. The number of carbonyl (C=O) groups is 3. The topological polar surface area (TPSA) is 120 Å². The SMILES string of the molecule is CCC[C@@H]1CN(CC(=O)NCc2ccc(C(=O)O)o2)C[C@H]1C(=O)O. The quantitative estimate of drug-likeness (QED) is 0.647. The Morgan fingerprint density at radius 3 is 2.62 bits per heavy atom. The van der Waals surface area contributed by atoms with Crippen LogP contribution in [0.2, 0.25) is 0 Å². The molecule has 8 nitrogen and oxygen atoms in total. The van der Waals surface area contributed by atoms with Crippen molar-refractivity contribution in [2.75, 3.05) is 19.6 Å². The molecule has 3 N–H and O–H groups in total. The Bertz CT molecular complexity index is 611. The molecule has 1 aromatic heterocycles. The van der Waals surface area contributed by atoms with E-state index >= 15 is 0 Å². The van der Waals surface area contributed by atoms with Gasteiger partial charge in [0.2, 0.25) is 11.7 Å². The number of hydrogen-bond acceptors (Lipinski definition) is 5. The van der Waals surface area contributed by atoms with E-state index in [1.54, 1.807) is 0 Å². The number of aromatic carboxylic acids is 1. The number of amides is 1. The summed E-state index contributed by atoms with van der Waals surface area (Å²) in [5, 5.41) is 20.7. The Balaban J connectivity index is 1.81. The molecule has 2 heterocycles. The number of carboxylic acid groups (broad SMARTS) is 2. The zero-order valence-corrected chi connectivity index (χ0v) is 13.5. The standard InChI is InChI=1S/C16H22N2O6/c1-2-3-10-7-18(8-12(10)15(20)21)9-14(19)17-6-11-4-5-13(24-11)16(22)23/h4-5,10,12H,2-3,6-9H2,1H3,(H,17,19)(H,20,21)(H,22,23)/t10-,12-/m1/s1. The van der Waals surface area contributed by atoms with Crippen LogP contribution in [0.3, 0.4) is 0 Å². The Morgan fingerprint density at radius 1 is 1.29 bits per heavy atom. The van der Waals surface area contributed by atoms with E-state index < -0.39 is 17.9 Å². The van der Waals surface area contributed by atoms with Crippen molar-refractivity contribution >= 4 is 17.8 Å². The lowest BCUT2D eigenvalue weighted by molar-refractivity contribution is -0.142. The summed E-state index contributed by atoms with van der Waals surface area (Å²) in [5.41, 5.74) is 0. The molecule has 1 aliphatic heterocycles. The molecular formula is C16H22N2O6. The normalized spacial score (nSPS) is 20.9. The van der Waals surface area contributed by atoms with Gasteiger partial charge in [0.05, 0.1) is 19.0 Å². The lowest BCUT2D eigenvalue weighted by Crippen LogP contribution is -2.36. The van der Waals surface area contributed by atoms with E-state index in [2.05, 4.69) is 5.32 Å². The van der Waals surface area contributed by atoms with Crippen molar-refractivity contribution in [1.29, 1.82) is 0 Å². The Morgan fingerprint density at radius 2 is 2.04 bits per heavy atom. The number of rotatable bonds is 8. The first-order chi connectivity index (χ1) is 11.4. The molecule has 0 bridgehead atoms. The lowest BCUT2D eigenvalue weighted by Gasteiger charge is -2.15. The maximum atomic E-state index is 12.0. The molecule has 1 aliphatic rings. The van der Waals surface area contributed by atoms with Crippen molar-refractivity contribution in [2.45, 2.75) is 26.3 Å². The minimum Gasteiger partial charge on any atom is -0.481 e. The average Bonchev–Trinajstić information content (AvgIpc) is 3.12. The Labute approximate surface area is 139 Å². The van der Waals surface area contributed by atoms with Gasteiger partial charge in [-0.25, -0.2) is 4.79 Å². The summed E-state index contributed by atoms with van der Waals surface area (Å²) in [6, 6.07) is 2.83. The van der Waals surface area contributed by atoms with E-state index in [4.69, 9.17) is 9.52 Å². The first-order valence-electron chi connectivity index (χ1n) is 7.94. The van der Waals surface area contributed by atoms with E-state index in [0.29, 0.717) is 18.8 Å². The fraction of sp³-hybridized carbons (Fsp3) is 0.562. The van der Waals surface area contributed by atoms with Crippen LogP contribution in [0.4, 0.5) is 0 Å². The van der Waals surface area contributed by atoms with Gasteiger partial charge in [-0.3, -0.25) is 14.5 Å². The molecule has 0 spiro atoms. The summed E-state index contributed by atoms with van der Waals surface area (Å²) < 4.78 is 5.06. The van der Waals surface area contributed by atoms with Gasteiger partial charge in [0.15, 0.2) is 0 Å². The van der Waals surface area contributed by atoms with Gasteiger partial charge in [0.1, 0.15) is 5.76 Å². The van der Waals surface area contributed by atoms with Crippen LogP contribution in [-0.4, -0.2) is 52.6 Å². The molecule has 132 valence electrons. The van der Waals surface area contributed by atoms with Crippen molar-refractivity contribution in [3.8, 4) is 0 Å². The molecule has 0 saturated carbocycles. The van der Waals surface area contributed by atoms with Gasteiger partial charge < -0.3 is 19.9 Å². The van der Waals surface area contributed by atoms with Gasteiger partial charge in [-0.05, 0) is 24.5 Å². The highest BCUT2D eigenvalue weighted by molar-refractivity contribution is 5.84. The van der Waals surface area contributed by atoms with Gasteiger partial charge in [0.25, 0.3) is 0 Å². The van der Waals surface area contributed by atoms with Gasteiger partial charge in [-0.15, -0.1) is 0 Å². The van der Waals surface area contributed by atoms with E-state index in [9.17, 15) is 19.5 Å². The van der Waals surface area contributed by atoms with Crippen LogP contribution < -0.4 is 5.32 Å². The fourth-order valence-electron chi connectivity index (χ4n) is 3.07. The highest BCUT2D eigenvalue weighted by Gasteiger charge is 2.37. The molecule has 2 rings (SSSR count). The highest BCUT2D eigenvalue weighted by Crippen LogP contribution is 2.27. The van der Waals surface area contributed by atoms with Crippen LogP contribution in [0.1, 0.15) is 36.1 Å². The summed E-state index contributed by atoms with van der Waals surface area (Å²) in [4.78, 5) is 35.9. The van der Waals surface area contributed by atoms with Crippen molar-refractivity contribution in [2.24, 2.45) is 11.8 Å². The maximum absolute atomic E-state index is 12.0. The summed E-state index contributed by atoms with van der Waals surface area (Å²) in [7, 11) is 0. The van der Waals surface area contributed by atoms with Crippen molar-refractivity contribution in [3.63, 3.8) is 0 Å². The number of furan rings is 1. The predicted octanol–water partition coefficient (Wildman–Crippen LogP) is 1.03. The van der Waals surface area contributed by atoms with Crippen LogP contribution in [0.15, 0.2) is 16.5 Å². The summed E-state index contributed by atoms with van der Waals surface area (Å²) in [6.07, 6.45) is 1.75. The molecule has 1 aromatic rings. The maximum Gasteiger partial charge on any atom is 0.371 e. The number of carbonyl (C=O) groups excluding carboxylic acids is 1. The van der Waals surface area contributed by atoms with E-state index in [-0.39, 0.29) is 30.7 Å². The zero-order chi connectivity index (χ0) is 17.7. The molecule has 0 aliphatic carbocycles. The molecule has 2 atom stereocenters. The number of carboxylic acids is 2. The average molecular weight is 338 g/mol. The van der Waals surface area contributed by atoms with Crippen LogP contribution in [0.5, 0.6) is 0 Å². The third-order valence-corrected chi connectivity index (χ3v) is 4.19. The molecule has 1 amide bonds. The fourth-order valence-corrected chi connectivity index (χ4v) is 3.07.